The van der Waals surface area contributed by atoms with Crippen LogP contribution in [0.25, 0.3) is 0 Å². The van der Waals surface area contributed by atoms with Gasteiger partial charge in [-0.15, -0.1) is 0 Å². The first kappa shape index (κ1) is 14.1. The Morgan fingerprint density at radius 3 is 2.58 bits per heavy atom. The molecule has 1 amide bonds. The van der Waals surface area contributed by atoms with Crippen LogP contribution in [0.3, 0.4) is 0 Å². The van der Waals surface area contributed by atoms with Crippen molar-refractivity contribution in [3.63, 3.8) is 0 Å². The lowest BCUT2D eigenvalue weighted by Gasteiger charge is -2.31. The van der Waals surface area contributed by atoms with E-state index in [-0.39, 0.29) is 5.91 Å². The van der Waals surface area contributed by atoms with Crippen LogP contribution >= 0.6 is 15.9 Å². The summed E-state index contributed by atoms with van der Waals surface area (Å²) in [7, 11) is 0. The van der Waals surface area contributed by atoms with Crippen LogP contribution in [0, 0.1) is 18.3 Å². The lowest BCUT2D eigenvalue weighted by atomic mass is 9.82. The largest absolute Gasteiger partial charge is 0.334 e. The summed E-state index contributed by atoms with van der Waals surface area (Å²) >= 11 is 3.39. The quantitative estimate of drug-likeness (QED) is 0.903. The van der Waals surface area contributed by atoms with Gasteiger partial charge in [0.15, 0.2) is 0 Å². The number of aryl methyl sites for hydroxylation is 1. The van der Waals surface area contributed by atoms with Gasteiger partial charge in [0.2, 0.25) is 0 Å². The topological polar surface area (TPSA) is 52.9 Å². The van der Waals surface area contributed by atoms with E-state index in [0.717, 1.165) is 42.1 Å². The molecule has 0 radical (unpaired) electrons. The molecule has 3 nitrogen and oxygen atoms in total. The van der Waals surface area contributed by atoms with Gasteiger partial charge in [0.05, 0.1) is 6.07 Å². The fraction of sp³-hybridized carbons (Fsp3) is 0.467. The first-order valence-corrected chi connectivity index (χ1v) is 7.35. The molecule has 0 bridgehead atoms. The van der Waals surface area contributed by atoms with Gasteiger partial charge in [0, 0.05) is 10.0 Å². The van der Waals surface area contributed by atoms with Gasteiger partial charge in [-0.2, -0.15) is 5.26 Å². The van der Waals surface area contributed by atoms with Crippen molar-refractivity contribution in [3.8, 4) is 6.07 Å². The van der Waals surface area contributed by atoms with Crippen LogP contribution < -0.4 is 5.32 Å². The Hall–Kier alpha value is -1.34. The maximum absolute atomic E-state index is 12.3. The van der Waals surface area contributed by atoms with Crippen LogP contribution in [0.4, 0.5) is 0 Å². The second-order valence-corrected chi connectivity index (χ2v) is 6.14. The van der Waals surface area contributed by atoms with E-state index in [9.17, 15) is 10.1 Å². The molecular formula is C15H17BrN2O. The third-order valence-electron chi connectivity index (χ3n) is 3.58. The third kappa shape index (κ3) is 3.36. The van der Waals surface area contributed by atoms with Gasteiger partial charge >= 0.3 is 0 Å². The van der Waals surface area contributed by atoms with Gasteiger partial charge in [-0.3, -0.25) is 4.79 Å². The molecule has 0 saturated heterocycles. The number of hydrogen-bond donors (Lipinski definition) is 1. The van der Waals surface area contributed by atoms with Crippen LogP contribution in [-0.4, -0.2) is 11.4 Å². The smallest absolute Gasteiger partial charge is 0.252 e. The summed E-state index contributed by atoms with van der Waals surface area (Å²) in [4.78, 5) is 12.3. The van der Waals surface area contributed by atoms with Crippen molar-refractivity contribution in [2.75, 3.05) is 0 Å². The van der Waals surface area contributed by atoms with E-state index >= 15 is 0 Å². The summed E-state index contributed by atoms with van der Waals surface area (Å²) in [6, 6.07) is 7.89. The summed E-state index contributed by atoms with van der Waals surface area (Å²) in [5.74, 6) is -0.159. The molecule has 19 heavy (non-hydrogen) atoms. The van der Waals surface area contributed by atoms with Crippen molar-refractivity contribution >= 4 is 21.8 Å². The summed E-state index contributed by atoms with van der Waals surface area (Å²) in [6.45, 7) is 1.95. The van der Waals surface area contributed by atoms with Crippen molar-refractivity contribution in [3.05, 3.63) is 33.8 Å². The highest BCUT2D eigenvalue weighted by Crippen LogP contribution is 2.28. The second-order valence-electron chi connectivity index (χ2n) is 5.23. The van der Waals surface area contributed by atoms with Gasteiger partial charge in [-0.05, 0) is 43.5 Å². The zero-order valence-electron chi connectivity index (χ0n) is 11.0. The van der Waals surface area contributed by atoms with E-state index in [4.69, 9.17) is 0 Å². The Kier molecular flexibility index (Phi) is 4.26. The molecule has 2 rings (SSSR count). The highest BCUT2D eigenvalue weighted by atomic mass is 79.9. The molecule has 4 heteroatoms. The number of nitriles is 1. The van der Waals surface area contributed by atoms with Crippen molar-refractivity contribution in [1.29, 1.82) is 5.26 Å². The van der Waals surface area contributed by atoms with Crippen LogP contribution in [0.15, 0.2) is 22.7 Å². The normalized spacial score (nSPS) is 17.5. The molecule has 1 aliphatic rings. The van der Waals surface area contributed by atoms with Gasteiger partial charge in [0.1, 0.15) is 5.54 Å². The van der Waals surface area contributed by atoms with E-state index < -0.39 is 5.54 Å². The minimum Gasteiger partial charge on any atom is -0.334 e. The average molecular weight is 321 g/mol. The Morgan fingerprint density at radius 2 is 2.00 bits per heavy atom. The molecule has 0 aliphatic heterocycles. The number of carbonyl (C=O) groups excluding carboxylic acids is 1. The third-order valence-corrected chi connectivity index (χ3v) is 4.04. The zero-order valence-corrected chi connectivity index (χ0v) is 12.6. The molecule has 1 N–H and O–H groups in total. The van der Waals surface area contributed by atoms with E-state index in [2.05, 4.69) is 27.3 Å². The summed E-state index contributed by atoms with van der Waals surface area (Å²) in [5, 5.41) is 12.3. The first-order chi connectivity index (χ1) is 9.04. The predicted octanol–water partition coefficient (Wildman–Crippen LogP) is 3.71. The molecule has 0 spiro atoms. The van der Waals surface area contributed by atoms with Crippen LogP contribution in [-0.2, 0) is 0 Å². The maximum atomic E-state index is 12.3. The SMILES string of the molecule is Cc1cc(Br)cc(C(=O)NC2(C#N)CCCCC2)c1. The summed E-state index contributed by atoms with van der Waals surface area (Å²) in [5.41, 5.74) is 0.951. The molecular weight excluding hydrogens is 304 g/mol. The summed E-state index contributed by atoms with van der Waals surface area (Å²) < 4.78 is 0.882. The number of nitrogens with zero attached hydrogens (tertiary/aromatic N) is 1. The number of rotatable bonds is 2. The highest BCUT2D eigenvalue weighted by Gasteiger charge is 2.33. The van der Waals surface area contributed by atoms with E-state index in [0.29, 0.717) is 5.56 Å². The van der Waals surface area contributed by atoms with Crippen LogP contribution in [0.5, 0.6) is 0 Å². The lowest BCUT2D eigenvalue weighted by molar-refractivity contribution is 0.0902. The van der Waals surface area contributed by atoms with Crippen molar-refractivity contribution in [2.24, 2.45) is 0 Å². The Balaban J connectivity index is 2.18. The molecule has 1 fully saturated rings. The van der Waals surface area contributed by atoms with Crippen molar-refractivity contribution in [1.82, 2.24) is 5.32 Å². The number of hydrogen-bond acceptors (Lipinski definition) is 2. The minimum atomic E-state index is -0.675. The lowest BCUT2D eigenvalue weighted by Crippen LogP contribution is -2.48. The number of benzene rings is 1. The minimum absolute atomic E-state index is 0.159. The monoisotopic (exact) mass is 320 g/mol. The van der Waals surface area contributed by atoms with Gasteiger partial charge in [0.25, 0.3) is 5.91 Å². The fourth-order valence-corrected chi connectivity index (χ4v) is 3.18. The second kappa shape index (κ2) is 5.75. The summed E-state index contributed by atoms with van der Waals surface area (Å²) in [6.07, 6.45) is 4.66. The molecule has 100 valence electrons. The Bertz CT molecular complexity index is 507. The first-order valence-electron chi connectivity index (χ1n) is 6.56. The van der Waals surface area contributed by atoms with Crippen molar-refractivity contribution < 1.29 is 4.79 Å². The number of amides is 1. The van der Waals surface area contributed by atoms with Gasteiger partial charge in [-0.25, -0.2) is 0 Å². The Morgan fingerprint density at radius 1 is 1.32 bits per heavy atom. The molecule has 1 aromatic rings. The number of carbonyl (C=O) groups is 1. The maximum Gasteiger partial charge on any atom is 0.252 e. The number of halogens is 1. The standard InChI is InChI=1S/C15H17BrN2O/c1-11-7-12(9-13(16)8-11)14(19)18-15(10-17)5-3-2-4-6-15/h7-9H,2-6H2,1H3,(H,18,19). The molecule has 1 aromatic carbocycles. The van der Waals surface area contributed by atoms with Crippen LogP contribution in [0.1, 0.15) is 48.0 Å². The van der Waals surface area contributed by atoms with E-state index in [1.165, 1.54) is 0 Å². The van der Waals surface area contributed by atoms with Crippen LogP contribution in [0.2, 0.25) is 0 Å². The van der Waals surface area contributed by atoms with E-state index in [1.807, 2.05) is 19.1 Å². The van der Waals surface area contributed by atoms with Crippen molar-refractivity contribution in [2.45, 2.75) is 44.6 Å². The number of nitrogens with one attached hydrogen (secondary N) is 1. The Labute approximate surface area is 122 Å². The molecule has 1 saturated carbocycles. The average Bonchev–Trinajstić information content (AvgIpc) is 2.38. The molecule has 0 atom stereocenters. The molecule has 0 unspecified atom stereocenters. The van der Waals surface area contributed by atoms with E-state index in [1.54, 1.807) is 6.07 Å². The highest BCUT2D eigenvalue weighted by molar-refractivity contribution is 9.10. The fourth-order valence-electron chi connectivity index (χ4n) is 2.58. The predicted molar refractivity (Wildman–Crippen MR) is 77.8 cm³/mol. The van der Waals surface area contributed by atoms with Gasteiger partial charge in [-0.1, -0.05) is 35.2 Å². The molecule has 0 heterocycles. The van der Waals surface area contributed by atoms with Gasteiger partial charge < -0.3 is 5.32 Å². The zero-order chi connectivity index (χ0) is 13.9. The molecule has 1 aliphatic carbocycles. The molecule has 0 aromatic heterocycles.